The topological polar surface area (TPSA) is 41.5 Å². The van der Waals surface area contributed by atoms with Gasteiger partial charge in [0.25, 0.3) is 0 Å². The fourth-order valence-electron chi connectivity index (χ4n) is 3.33. The Bertz CT molecular complexity index is 449. The zero-order chi connectivity index (χ0) is 13.3. The van der Waals surface area contributed by atoms with Gasteiger partial charge < -0.3 is 15.2 Å². The summed E-state index contributed by atoms with van der Waals surface area (Å²) in [6.45, 7) is 0.920. The maximum absolute atomic E-state index is 9.69. The first-order chi connectivity index (χ1) is 9.22. The summed E-state index contributed by atoms with van der Waals surface area (Å²) in [5.74, 6) is 0.373. The summed E-state index contributed by atoms with van der Waals surface area (Å²) in [6, 6.07) is 6.15. The van der Waals surface area contributed by atoms with E-state index in [4.69, 9.17) is 4.74 Å². The van der Waals surface area contributed by atoms with Gasteiger partial charge in [-0.2, -0.15) is 0 Å². The molecule has 3 rings (SSSR count). The molecule has 0 heterocycles. The maximum Gasteiger partial charge on any atom is 0.115 e. The zero-order valence-corrected chi connectivity index (χ0v) is 11.6. The Labute approximate surface area is 115 Å². The van der Waals surface area contributed by atoms with E-state index in [0.717, 1.165) is 32.2 Å². The number of benzene rings is 1. The summed E-state index contributed by atoms with van der Waals surface area (Å²) in [7, 11) is 1.82. The molecule has 1 aromatic carbocycles. The van der Waals surface area contributed by atoms with Gasteiger partial charge in [0, 0.05) is 19.7 Å². The van der Waals surface area contributed by atoms with Crippen molar-refractivity contribution >= 4 is 0 Å². The zero-order valence-electron chi connectivity index (χ0n) is 11.6. The molecule has 1 unspecified atom stereocenters. The van der Waals surface area contributed by atoms with E-state index in [2.05, 4.69) is 11.4 Å². The molecule has 0 aliphatic heterocycles. The third-order valence-corrected chi connectivity index (χ3v) is 4.81. The fourth-order valence-corrected chi connectivity index (χ4v) is 3.33. The second-order valence-corrected chi connectivity index (χ2v) is 5.95. The van der Waals surface area contributed by atoms with Crippen LogP contribution in [0.5, 0.6) is 5.75 Å². The number of aryl methyl sites for hydroxylation is 1. The second-order valence-electron chi connectivity index (χ2n) is 5.95. The molecule has 1 aromatic rings. The smallest absolute Gasteiger partial charge is 0.115 e. The van der Waals surface area contributed by atoms with Crippen molar-refractivity contribution in [2.45, 2.75) is 50.2 Å². The van der Waals surface area contributed by atoms with Gasteiger partial charge in [-0.1, -0.05) is 6.07 Å². The lowest BCUT2D eigenvalue weighted by molar-refractivity contribution is -0.0711. The monoisotopic (exact) mass is 261 g/mol. The number of rotatable bonds is 4. The van der Waals surface area contributed by atoms with Crippen LogP contribution in [-0.2, 0) is 11.2 Å². The molecule has 0 amide bonds. The number of phenolic OH excluding ortho intramolecular Hbond substituents is 1. The Morgan fingerprint density at radius 1 is 1.37 bits per heavy atom. The minimum Gasteiger partial charge on any atom is -0.508 e. The van der Waals surface area contributed by atoms with Crippen molar-refractivity contribution in [2.24, 2.45) is 0 Å². The van der Waals surface area contributed by atoms with Crippen LogP contribution in [0.1, 0.15) is 49.3 Å². The molecule has 2 N–H and O–H groups in total. The van der Waals surface area contributed by atoms with E-state index in [0.29, 0.717) is 11.8 Å². The summed E-state index contributed by atoms with van der Waals surface area (Å²) < 4.78 is 5.66. The third-order valence-electron chi connectivity index (χ3n) is 4.81. The van der Waals surface area contributed by atoms with Crippen molar-refractivity contribution in [3.63, 3.8) is 0 Å². The van der Waals surface area contributed by atoms with Crippen LogP contribution in [0.3, 0.4) is 0 Å². The van der Waals surface area contributed by atoms with Crippen LogP contribution in [0, 0.1) is 0 Å². The van der Waals surface area contributed by atoms with E-state index >= 15 is 0 Å². The molecule has 3 heteroatoms. The molecule has 2 aliphatic rings. The van der Waals surface area contributed by atoms with Gasteiger partial charge in [0.15, 0.2) is 0 Å². The number of ether oxygens (including phenoxy) is 1. The number of methoxy groups -OCH3 is 1. The van der Waals surface area contributed by atoms with Crippen LogP contribution in [0.15, 0.2) is 18.2 Å². The molecule has 1 atom stereocenters. The van der Waals surface area contributed by atoms with Crippen molar-refractivity contribution in [1.29, 1.82) is 0 Å². The van der Waals surface area contributed by atoms with Crippen molar-refractivity contribution < 1.29 is 9.84 Å². The molecule has 0 bridgehead atoms. The lowest BCUT2D eigenvalue weighted by Crippen LogP contribution is -2.49. The van der Waals surface area contributed by atoms with E-state index in [1.807, 2.05) is 13.2 Å². The quantitative estimate of drug-likeness (QED) is 0.875. The molecular formula is C16H23NO2. The van der Waals surface area contributed by atoms with Gasteiger partial charge in [-0.05, 0) is 61.8 Å². The number of fused-ring (bicyclic) bond motifs is 1. The highest BCUT2D eigenvalue weighted by atomic mass is 16.5. The van der Waals surface area contributed by atoms with Gasteiger partial charge in [-0.25, -0.2) is 0 Å². The predicted molar refractivity (Wildman–Crippen MR) is 75.4 cm³/mol. The van der Waals surface area contributed by atoms with E-state index in [-0.39, 0.29) is 5.60 Å². The van der Waals surface area contributed by atoms with Crippen LogP contribution < -0.4 is 5.32 Å². The molecule has 0 aromatic heterocycles. The van der Waals surface area contributed by atoms with Gasteiger partial charge in [-0.15, -0.1) is 0 Å². The minimum absolute atomic E-state index is 0.0639. The highest BCUT2D eigenvalue weighted by Crippen LogP contribution is 2.37. The Kier molecular flexibility index (Phi) is 3.50. The normalized spacial score (nSPS) is 24.6. The Hall–Kier alpha value is -1.06. The molecule has 2 aliphatic carbocycles. The number of aromatic hydroxyl groups is 1. The molecule has 0 spiro atoms. The lowest BCUT2D eigenvalue weighted by Gasteiger charge is -2.42. The number of nitrogens with one attached hydrogen (secondary N) is 1. The van der Waals surface area contributed by atoms with E-state index in [1.165, 1.54) is 24.0 Å². The first kappa shape index (κ1) is 12.9. The van der Waals surface area contributed by atoms with Gasteiger partial charge >= 0.3 is 0 Å². The predicted octanol–water partition coefficient (Wildman–Crippen LogP) is 2.93. The first-order valence-corrected chi connectivity index (χ1v) is 7.33. The average Bonchev–Trinajstić information content (AvgIpc) is 2.38. The summed E-state index contributed by atoms with van der Waals surface area (Å²) >= 11 is 0. The summed E-state index contributed by atoms with van der Waals surface area (Å²) in [6.07, 6.45) is 7.10. The molecule has 0 saturated heterocycles. The molecule has 3 nitrogen and oxygen atoms in total. The number of phenols is 1. The van der Waals surface area contributed by atoms with Crippen LogP contribution in [0.2, 0.25) is 0 Å². The van der Waals surface area contributed by atoms with E-state index < -0.39 is 0 Å². The van der Waals surface area contributed by atoms with Gasteiger partial charge in [0.2, 0.25) is 0 Å². The van der Waals surface area contributed by atoms with E-state index in [1.54, 1.807) is 6.07 Å². The third kappa shape index (κ3) is 2.49. The van der Waals surface area contributed by atoms with Crippen molar-refractivity contribution in [2.75, 3.05) is 13.7 Å². The molecule has 1 fully saturated rings. The summed E-state index contributed by atoms with van der Waals surface area (Å²) in [5.41, 5.74) is 2.72. The lowest BCUT2D eigenvalue weighted by atomic mass is 9.79. The maximum atomic E-state index is 9.69. The summed E-state index contributed by atoms with van der Waals surface area (Å²) in [4.78, 5) is 0. The highest BCUT2D eigenvalue weighted by molar-refractivity contribution is 5.38. The Morgan fingerprint density at radius 3 is 2.89 bits per heavy atom. The SMILES string of the molecule is COC1(CNC2CCCc3ccc(O)cc32)CCC1. The minimum atomic E-state index is 0.0639. The van der Waals surface area contributed by atoms with Crippen LogP contribution in [0.4, 0.5) is 0 Å². The number of hydrogen-bond acceptors (Lipinski definition) is 3. The largest absolute Gasteiger partial charge is 0.508 e. The Morgan fingerprint density at radius 2 is 2.21 bits per heavy atom. The van der Waals surface area contributed by atoms with Crippen LogP contribution in [-0.4, -0.2) is 24.4 Å². The molecule has 104 valence electrons. The molecular weight excluding hydrogens is 238 g/mol. The van der Waals surface area contributed by atoms with Crippen molar-refractivity contribution in [3.8, 4) is 5.75 Å². The van der Waals surface area contributed by atoms with E-state index in [9.17, 15) is 5.11 Å². The average molecular weight is 261 g/mol. The van der Waals surface area contributed by atoms with Gasteiger partial charge in [-0.3, -0.25) is 0 Å². The standard InChI is InChI=1S/C16H23NO2/c1-19-16(8-3-9-16)11-17-15-5-2-4-12-6-7-13(18)10-14(12)15/h6-7,10,15,17-18H,2-5,8-9,11H2,1H3. The second kappa shape index (κ2) is 5.14. The van der Waals surface area contributed by atoms with Crippen molar-refractivity contribution in [1.82, 2.24) is 5.32 Å². The first-order valence-electron chi connectivity index (χ1n) is 7.33. The molecule has 1 saturated carbocycles. The van der Waals surface area contributed by atoms with Crippen LogP contribution >= 0.6 is 0 Å². The highest BCUT2D eigenvalue weighted by Gasteiger charge is 2.37. The van der Waals surface area contributed by atoms with Crippen molar-refractivity contribution in [3.05, 3.63) is 29.3 Å². The molecule has 19 heavy (non-hydrogen) atoms. The van der Waals surface area contributed by atoms with Crippen LogP contribution in [0.25, 0.3) is 0 Å². The van der Waals surface area contributed by atoms with Gasteiger partial charge in [0.1, 0.15) is 5.75 Å². The Balaban J connectivity index is 1.71. The molecule has 0 radical (unpaired) electrons. The van der Waals surface area contributed by atoms with Gasteiger partial charge in [0.05, 0.1) is 5.60 Å². The summed E-state index contributed by atoms with van der Waals surface area (Å²) in [5, 5.41) is 13.3. The fraction of sp³-hybridized carbons (Fsp3) is 0.625. The number of hydrogen-bond donors (Lipinski definition) is 2.